The van der Waals surface area contributed by atoms with Crippen LogP contribution in [0.4, 0.5) is 0 Å². The molecule has 8 heteroatoms. The summed E-state index contributed by atoms with van der Waals surface area (Å²) < 4.78 is 7.96. The van der Waals surface area contributed by atoms with Crippen molar-refractivity contribution in [3.63, 3.8) is 0 Å². The largest absolute Gasteiger partial charge is 0.368 e. The first-order chi connectivity index (χ1) is 15.7. The molecule has 6 rings (SSSR count). The average Bonchev–Trinajstić information content (AvgIpc) is 3.34. The van der Waals surface area contributed by atoms with Crippen LogP contribution < -0.4 is 0 Å². The standard InChI is InChI=1S/C24H22N6O2/c31-23(19-7-4-8-20-26-16-27-30(19)20)29-12-10-24(11-13-29)21-18(9-14-32-24)15-25-22(28-21)17-5-2-1-3-6-17/h1-8,15-16H,9-14H2. The third-order valence-electron chi connectivity index (χ3n) is 6.46. The van der Waals surface area contributed by atoms with E-state index in [1.165, 1.54) is 6.33 Å². The number of amides is 1. The molecule has 3 aromatic heterocycles. The van der Waals surface area contributed by atoms with Crippen LogP contribution in [0.5, 0.6) is 0 Å². The molecule has 1 amide bonds. The van der Waals surface area contributed by atoms with E-state index in [-0.39, 0.29) is 5.91 Å². The maximum atomic E-state index is 13.2. The summed E-state index contributed by atoms with van der Waals surface area (Å²) in [6, 6.07) is 15.5. The van der Waals surface area contributed by atoms with Gasteiger partial charge in [-0.2, -0.15) is 5.10 Å². The Bertz CT molecular complexity index is 1290. The number of piperidine rings is 1. The van der Waals surface area contributed by atoms with Crippen molar-refractivity contribution in [2.75, 3.05) is 19.7 Å². The SMILES string of the molecule is O=C(c1cccc2ncnn12)N1CCC2(CC1)OCCc1cnc(-c3ccccc3)nc12. The van der Waals surface area contributed by atoms with Crippen molar-refractivity contribution in [3.05, 3.63) is 78.0 Å². The van der Waals surface area contributed by atoms with E-state index in [9.17, 15) is 4.79 Å². The smallest absolute Gasteiger partial charge is 0.272 e. The second-order valence-corrected chi connectivity index (χ2v) is 8.26. The molecule has 0 saturated carbocycles. The normalized spacial score (nSPS) is 17.4. The number of carbonyl (C=O) groups is 1. The Balaban J connectivity index is 1.28. The fourth-order valence-electron chi connectivity index (χ4n) is 4.76. The number of likely N-dealkylation sites (tertiary alicyclic amines) is 1. The molecule has 32 heavy (non-hydrogen) atoms. The van der Waals surface area contributed by atoms with Crippen molar-refractivity contribution in [2.45, 2.75) is 24.9 Å². The van der Waals surface area contributed by atoms with Crippen LogP contribution >= 0.6 is 0 Å². The molecule has 2 aliphatic rings. The Labute approximate surface area is 184 Å². The Morgan fingerprint density at radius 1 is 1.00 bits per heavy atom. The van der Waals surface area contributed by atoms with Gasteiger partial charge in [-0.05, 0) is 37.0 Å². The molecule has 0 radical (unpaired) electrons. The van der Waals surface area contributed by atoms with Crippen LogP contribution in [0, 0.1) is 0 Å². The number of aromatic nitrogens is 5. The lowest BCUT2D eigenvalue weighted by molar-refractivity contribution is -0.0967. The minimum absolute atomic E-state index is 0.0420. The Morgan fingerprint density at radius 3 is 2.69 bits per heavy atom. The molecule has 2 aliphatic heterocycles. The van der Waals surface area contributed by atoms with Crippen LogP contribution in [-0.2, 0) is 16.8 Å². The summed E-state index contributed by atoms with van der Waals surface area (Å²) in [5.41, 5.74) is 3.82. The van der Waals surface area contributed by atoms with Crippen LogP contribution in [0.2, 0.25) is 0 Å². The van der Waals surface area contributed by atoms with Gasteiger partial charge in [0.2, 0.25) is 0 Å². The zero-order chi connectivity index (χ0) is 21.5. The van der Waals surface area contributed by atoms with Crippen molar-refractivity contribution >= 4 is 11.6 Å². The van der Waals surface area contributed by atoms with E-state index in [0.29, 0.717) is 49.7 Å². The van der Waals surface area contributed by atoms with E-state index < -0.39 is 5.60 Å². The van der Waals surface area contributed by atoms with Gasteiger partial charge in [-0.15, -0.1) is 0 Å². The highest BCUT2D eigenvalue weighted by molar-refractivity contribution is 5.93. The van der Waals surface area contributed by atoms with Gasteiger partial charge in [-0.25, -0.2) is 19.5 Å². The number of hydrogen-bond donors (Lipinski definition) is 0. The van der Waals surface area contributed by atoms with Crippen molar-refractivity contribution in [3.8, 4) is 11.4 Å². The second kappa shape index (κ2) is 7.49. The number of benzene rings is 1. The summed E-state index contributed by atoms with van der Waals surface area (Å²) in [5, 5.41) is 4.20. The van der Waals surface area contributed by atoms with Gasteiger partial charge in [-0.3, -0.25) is 4.79 Å². The van der Waals surface area contributed by atoms with Crippen LogP contribution in [-0.4, -0.2) is 55.1 Å². The summed E-state index contributed by atoms with van der Waals surface area (Å²) in [6.07, 6.45) is 5.61. The first kappa shape index (κ1) is 19.1. The van der Waals surface area contributed by atoms with Crippen LogP contribution in [0.15, 0.2) is 61.1 Å². The van der Waals surface area contributed by atoms with Gasteiger partial charge in [-0.1, -0.05) is 36.4 Å². The number of pyridine rings is 1. The fourth-order valence-corrected chi connectivity index (χ4v) is 4.76. The third kappa shape index (κ3) is 3.06. The third-order valence-corrected chi connectivity index (χ3v) is 6.46. The molecule has 0 N–H and O–H groups in total. The summed E-state index contributed by atoms with van der Waals surface area (Å²) in [7, 11) is 0. The Kier molecular flexibility index (Phi) is 4.46. The molecule has 160 valence electrons. The van der Waals surface area contributed by atoms with E-state index >= 15 is 0 Å². The Hall–Kier alpha value is -3.65. The molecule has 5 heterocycles. The number of hydrogen-bond acceptors (Lipinski definition) is 6. The minimum Gasteiger partial charge on any atom is -0.368 e. The van der Waals surface area contributed by atoms with Gasteiger partial charge in [0.25, 0.3) is 5.91 Å². The lowest BCUT2D eigenvalue weighted by Gasteiger charge is -2.44. The van der Waals surface area contributed by atoms with Gasteiger partial charge in [0, 0.05) is 24.8 Å². The first-order valence-electron chi connectivity index (χ1n) is 10.9. The Morgan fingerprint density at radius 2 is 1.84 bits per heavy atom. The van der Waals surface area contributed by atoms with E-state index in [4.69, 9.17) is 9.72 Å². The average molecular weight is 426 g/mol. The number of ether oxygens (including phenoxy) is 1. The zero-order valence-corrected chi connectivity index (χ0v) is 17.5. The predicted octanol–water partition coefficient (Wildman–Crippen LogP) is 2.89. The molecule has 1 fully saturated rings. The molecule has 1 spiro atoms. The molecule has 0 aliphatic carbocycles. The highest BCUT2D eigenvalue weighted by Gasteiger charge is 2.43. The molecule has 1 aromatic carbocycles. The van der Waals surface area contributed by atoms with Gasteiger partial charge >= 0.3 is 0 Å². The fraction of sp³-hybridized carbons (Fsp3) is 0.292. The van der Waals surface area contributed by atoms with E-state index in [0.717, 1.165) is 23.2 Å². The van der Waals surface area contributed by atoms with Crippen molar-refractivity contribution in [2.24, 2.45) is 0 Å². The van der Waals surface area contributed by atoms with Gasteiger partial charge in [0.05, 0.1) is 12.3 Å². The lowest BCUT2D eigenvalue weighted by atomic mass is 9.83. The minimum atomic E-state index is -0.476. The highest BCUT2D eigenvalue weighted by atomic mass is 16.5. The van der Waals surface area contributed by atoms with Crippen LogP contribution in [0.25, 0.3) is 17.0 Å². The molecule has 0 bridgehead atoms. The van der Waals surface area contributed by atoms with Crippen LogP contribution in [0.1, 0.15) is 34.6 Å². The van der Waals surface area contributed by atoms with E-state index in [1.54, 1.807) is 10.6 Å². The molecule has 8 nitrogen and oxygen atoms in total. The predicted molar refractivity (Wildman–Crippen MR) is 117 cm³/mol. The number of rotatable bonds is 2. The topological polar surface area (TPSA) is 85.5 Å². The van der Waals surface area contributed by atoms with E-state index in [1.807, 2.05) is 53.6 Å². The second-order valence-electron chi connectivity index (χ2n) is 8.26. The molecule has 0 atom stereocenters. The summed E-state index contributed by atoms with van der Waals surface area (Å²) in [4.78, 5) is 28.9. The maximum absolute atomic E-state index is 13.2. The van der Waals surface area contributed by atoms with Crippen molar-refractivity contribution < 1.29 is 9.53 Å². The summed E-state index contributed by atoms with van der Waals surface area (Å²) in [5.74, 6) is 0.672. The highest BCUT2D eigenvalue weighted by Crippen LogP contribution is 2.41. The quantitative estimate of drug-likeness (QED) is 0.490. The number of carbonyl (C=O) groups excluding carboxylic acids is 1. The summed E-state index contributed by atoms with van der Waals surface area (Å²) in [6.45, 7) is 1.83. The number of fused-ring (bicyclic) bond motifs is 3. The molecular weight excluding hydrogens is 404 g/mol. The zero-order valence-electron chi connectivity index (χ0n) is 17.5. The molecule has 4 aromatic rings. The lowest BCUT2D eigenvalue weighted by Crippen LogP contribution is -2.49. The van der Waals surface area contributed by atoms with Crippen molar-refractivity contribution in [1.82, 2.24) is 29.5 Å². The monoisotopic (exact) mass is 426 g/mol. The van der Waals surface area contributed by atoms with Gasteiger partial charge in [0.15, 0.2) is 11.5 Å². The van der Waals surface area contributed by atoms with Gasteiger partial charge in [0.1, 0.15) is 17.6 Å². The van der Waals surface area contributed by atoms with Crippen molar-refractivity contribution in [1.29, 1.82) is 0 Å². The maximum Gasteiger partial charge on any atom is 0.272 e. The summed E-state index contributed by atoms with van der Waals surface area (Å²) >= 11 is 0. The number of nitrogens with zero attached hydrogens (tertiary/aromatic N) is 6. The first-order valence-corrected chi connectivity index (χ1v) is 10.9. The van der Waals surface area contributed by atoms with E-state index in [2.05, 4.69) is 15.1 Å². The molecule has 0 unspecified atom stereocenters. The molecular formula is C24H22N6O2. The molecule has 1 saturated heterocycles. The van der Waals surface area contributed by atoms with Gasteiger partial charge < -0.3 is 9.64 Å². The van der Waals surface area contributed by atoms with Crippen LogP contribution in [0.3, 0.4) is 0 Å².